The van der Waals surface area contributed by atoms with E-state index >= 15 is 0 Å². The monoisotopic (exact) mass is 596 g/mol. The molecule has 0 spiro atoms. The highest BCUT2D eigenvalue weighted by atomic mass is 79.9. The fraction of sp³-hybridized carbons (Fsp3) is 0.0571. The van der Waals surface area contributed by atoms with Gasteiger partial charge in [0, 0.05) is 16.3 Å². The van der Waals surface area contributed by atoms with Crippen molar-refractivity contribution in [2.75, 3.05) is 0 Å². The highest BCUT2D eigenvalue weighted by molar-refractivity contribution is 9.08. The Morgan fingerprint density at radius 2 is 1.17 bits per heavy atom. The largest absolute Gasteiger partial charge is 0.452 e. The zero-order chi connectivity index (χ0) is 27.6. The minimum Gasteiger partial charge on any atom is -0.452 e. The van der Waals surface area contributed by atoms with E-state index in [0.717, 1.165) is 44.1 Å². The molecule has 7 rings (SSSR count). The van der Waals surface area contributed by atoms with Gasteiger partial charge in [-0.2, -0.15) is 0 Å². The van der Waals surface area contributed by atoms with E-state index in [1.54, 1.807) is 0 Å². The van der Waals surface area contributed by atoms with E-state index in [2.05, 4.69) is 129 Å². The molecule has 0 radical (unpaired) electrons. The van der Waals surface area contributed by atoms with Gasteiger partial charge in [-0.05, 0) is 44.3 Å². The second-order valence-corrected chi connectivity index (χ2v) is 10.4. The van der Waals surface area contributed by atoms with Crippen LogP contribution in [0.2, 0.25) is 0 Å². The normalized spacial score (nSPS) is 11.6. The first kappa shape index (κ1) is 25.2. The fourth-order valence-electron chi connectivity index (χ4n) is 5.71. The molecule has 7 aromatic rings. The van der Waals surface area contributed by atoms with E-state index in [-0.39, 0.29) is 0 Å². The van der Waals surface area contributed by atoms with Gasteiger partial charge in [-0.3, -0.25) is 0 Å². The van der Waals surface area contributed by atoms with Crippen LogP contribution in [0.4, 0.5) is 0 Å². The molecule has 0 N–H and O–H groups in total. The van der Waals surface area contributed by atoms with E-state index in [4.69, 9.17) is 9.63 Å². The molecule has 2 heterocycles. The van der Waals surface area contributed by atoms with E-state index in [1.807, 2.05) is 41.1 Å². The topological polar surface area (TPSA) is 56.7 Å². The number of hydrogen-bond acceptors (Lipinski definition) is 4. The number of halogens is 1. The Kier molecular flexibility index (Phi) is 6.53. The summed E-state index contributed by atoms with van der Waals surface area (Å²) in [5.74, 6) is 1.16. The standard InChI is InChI=1S/C35H25BrN4O/c36-24-25-20-22-26(23-21-25)32-30-18-10-11-19-31(30)41-33(32)34-37-38-39-40(34)35(27-12-4-1-5-13-27,28-14-6-2-7-15-28)29-16-8-3-9-17-29/h1-23H,24H2. The summed E-state index contributed by atoms with van der Waals surface area (Å²) >= 11 is 3.57. The number of tetrazole rings is 1. The predicted octanol–water partition coefficient (Wildman–Crippen LogP) is 8.49. The number of benzene rings is 5. The van der Waals surface area contributed by atoms with Gasteiger partial charge >= 0.3 is 0 Å². The first-order valence-electron chi connectivity index (χ1n) is 13.4. The van der Waals surface area contributed by atoms with Crippen molar-refractivity contribution in [2.24, 2.45) is 0 Å². The first-order chi connectivity index (χ1) is 20.3. The van der Waals surface area contributed by atoms with Gasteiger partial charge in [0.05, 0.1) is 0 Å². The lowest BCUT2D eigenvalue weighted by Crippen LogP contribution is -2.39. The number of rotatable bonds is 7. The Hall–Kier alpha value is -4.81. The molecular weight excluding hydrogens is 572 g/mol. The Bertz CT molecular complexity index is 1820. The fourth-order valence-corrected chi connectivity index (χ4v) is 6.08. The van der Waals surface area contributed by atoms with Gasteiger partial charge in [0.25, 0.3) is 0 Å². The maximum absolute atomic E-state index is 6.63. The third-order valence-electron chi connectivity index (χ3n) is 7.56. The lowest BCUT2D eigenvalue weighted by molar-refractivity contribution is 0.446. The van der Waals surface area contributed by atoms with E-state index in [1.165, 1.54) is 5.56 Å². The Labute approximate surface area is 246 Å². The third kappa shape index (κ3) is 4.19. The van der Waals surface area contributed by atoms with Crippen molar-refractivity contribution < 1.29 is 4.42 Å². The van der Waals surface area contributed by atoms with E-state index < -0.39 is 5.54 Å². The third-order valence-corrected chi connectivity index (χ3v) is 8.20. The van der Waals surface area contributed by atoms with Gasteiger partial charge in [0.15, 0.2) is 5.76 Å². The minimum absolute atomic E-state index is 0.539. The Morgan fingerprint density at radius 3 is 1.73 bits per heavy atom. The molecular formula is C35H25BrN4O. The van der Waals surface area contributed by atoms with Crippen LogP contribution in [0.1, 0.15) is 22.3 Å². The summed E-state index contributed by atoms with van der Waals surface area (Å²) in [6.45, 7) is 0. The molecule has 0 saturated heterocycles. The van der Waals surface area contributed by atoms with Crippen molar-refractivity contribution in [1.29, 1.82) is 0 Å². The molecule has 5 nitrogen and oxygen atoms in total. The quantitative estimate of drug-likeness (QED) is 0.137. The summed E-state index contributed by atoms with van der Waals surface area (Å²) in [7, 11) is 0. The highest BCUT2D eigenvalue weighted by Crippen LogP contribution is 2.45. The molecule has 0 amide bonds. The molecule has 0 atom stereocenters. The smallest absolute Gasteiger partial charge is 0.220 e. The van der Waals surface area contributed by atoms with E-state index in [9.17, 15) is 0 Å². The molecule has 0 unspecified atom stereocenters. The SMILES string of the molecule is BrCc1ccc(-c2c(-c3nnnn3C(c3ccccc3)(c3ccccc3)c3ccccc3)oc3ccccc23)cc1. The Balaban J connectivity index is 1.57. The average Bonchev–Trinajstić information content (AvgIpc) is 3.69. The van der Waals surface area contributed by atoms with Gasteiger partial charge in [-0.25, -0.2) is 4.68 Å². The van der Waals surface area contributed by atoms with Gasteiger partial charge in [0.2, 0.25) is 5.82 Å². The zero-order valence-corrected chi connectivity index (χ0v) is 23.6. The minimum atomic E-state index is -0.876. The molecule has 0 bridgehead atoms. The van der Waals surface area contributed by atoms with Crippen molar-refractivity contribution in [2.45, 2.75) is 10.9 Å². The van der Waals surface area contributed by atoms with Crippen molar-refractivity contribution in [3.8, 4) is 22.7 Å². The van der Waals surface area contributed by atoms with Crippen LogP contribution >= 0.6 is 15.9 Å². The second-order valence-electron chi connectivity index (χ2n) is 9.86. The summed E-state index contributed by atoms with van der Waals surface area (Å²) in [6, 6.07) is 47.8. The molecule has 2 aromatic heterocycles. The van der Waals surface area contributed by atoms with Crippen LogP contribution in [0.3, 0.4) is 0 Å². The molecule has 0 aliphatic heterocycles. The van der Waals surface area contributed by atoms with Crippen LogP contribution in [0.5, 0.6) is 0 Å². The number of hydrogen-bond donors (Lipinski definition) is 0. The van der Waals surface area contributed by atoms with Gasteiger partial charge < -0.3 is 4.42 Å². The van der Waals surface area contributed by atoms with Crippen LogP contribution in [-0.4, -0.2) is 20.2 Å². The van der Waals surface area contributed by atoms with Crippen LogP contribution in [0, 0.1) is 0 Å². The maximum Gasteiger partial charge on any atom is 0.220 e. The molecule has 5 aromatic carbocycles. The van der Waals surface area contributed by atoms with Crippen LogP contribution in [0.25, 0.3) is 33.7 Å². The summed E-state index contributed by atoms with van der Waals surface area (Å²) in [4.78, 5) is 0. The van der Waals surface area contributed by atoms with Gasteiger partial charge in [-0.15, -0.1) is 5.10 Å². The number of aromatic nitrogens is 4. The van der Waals surface area contributed by atoms with Crippen molar-refractivity contribution in [3.05, 3.63) is 162 Å². The van der Waals surface area contributed by atoms with Crippen molar-refractivity contribution >= 4 is 26.9 Å². The summed E-state index contributed by atoms with van der Waals surface area (Å²) in [6.07, 6.45) is 0. The number of alkyl halides is 1. The molecule has 198 valence electrons. The lowest BCUT2D eigenvalue weighted by Gasteiger charge is -2.36. The second kappa shape index (κ2) is 10.6. The molecule has 41 heavy (non-hydrogen) atoms. The lowest BCUT2D eigenvalue weighted by atomic mass is 9.77. The molecule has 6 heteroatoms. The number of fused-ring (bicyclic) bond motifs is 1. The van der Waals surface area contributed by atoms with Crippen LogP contribution in [0.15, 0.2) is 144 Å². The summed E-state index contributed by atoms with van der Waals surface area (Å²) in [5.41, 5.74) is 6.19. The Morgan fingerprint density at radius 1 is 0.634 bits per heavy atom. The number of nitrogens with zero attached hydrogens (tertiary/aromatic N) is 4. The highest BCUT2D eigenvalue weighted by Gasteiger charge is 2.42. The number of furan rings is 1. The molecule has 0 fully saturated rings. The van der Waals surface area contributed by atoms with Crippen molar-refractivity contribution in [1.82, 2.24) is 20.2 Å². The predicted molar refractivity (Wildman–Crippen MR) is 166 cm³/mol. The molecule has 0 saturated carbocycles. The summed E-state index contributed by atoms with van der Waals surface area (Å²) < 4.78 is 8.54. The van der Waals surface area contributed by atoms with Crippen LogP contribution < -0.4 is 0 Å². The van der Waals surface area contributed by atoms with E-state index in [0.29, 0.717) is 11.6 Å². The van der Waals surface area contributed by atoms with Gasteiger partial charge in [0.1, 0.15) is 11.1 Å². The molecule has 0 aliphatic rings. The summed E-state index contributed by atoms with van der Waals surface area (Å²) in [5, 5.41) is 15.4. The van der Waals surface area contributed by atoms with Crippen LogP contribution in [-0.2, 0) is 10.9 Å². The van der Waals surface area contributed by atoms with Crippen molar-refractivity contribution in [3.63, 3.8) is 0 Å². The zero-order valence-electron chi connectivity index (χ0n) is 22.1. The average molecular weight is 598 g/mol. The maximum atomic E-state index is 6.63. The van der Waals surface area contributed by atoms with Gasteiger partial charge in [-0.1, -0.05) is 149 Å². The first-order valence-corrected chi connectivity index (χ1v) is 14.6. The number of para-hydroxylation sites is 1. The molecule has 0 aliphatic carbocycles.